The Labute approximate surface area is 235 Å². The van der Waals surface area contributed by atoms with Crippen LogP contribution in [0.1, 0.15) is 48.0 Å². The van der Waals surface area contributed by atoms with Crippen LogP contribution in [0.2, 0.25) is 0 Å². The fraction of sp³-hybridized carbons (Fsp3) is 0.448. The molecule has 0 spiro atoms. The standard InChI is InChI=1S/C29H32F4N6O2/c30-23-12-6-20(7-13-23)18-34-27-35-25(36-28(37-27)41-19-29(31,32)33)21-8-10-22(11-9-21)26(40)39-16-14-38(15-17-39)24-4-2-1-3-5-24/h6-13,24H,1-5,14-19H2,(H,34,35,36,37). The zero-order valence-corrected chi connectivity index (χ0v) is 22.5. The summed E-state index contributed by atoms with van der Waals surface area (Å²) < 4.78 is 56.3. The number of carbonyl (C=O) groups excluding carboxylic acids is 1. The third-order valence-corrected chi connectivity index (χ3v) is 7.43. The van der Waals surface area contributed by atoms with Crippen LogP contribution in [0.4, 0.5) is 23.5 Å². The molecule has 3 aromatic rings. The fourth-order valence-corrected chi connectivity index (χ4v) is 5.24. The highest BCUT2D eigenvalue weighted by molar-refractivity contribution is 5.94. The number of nitrogens with zero attached hydrogens (tertiary/aromatic N) is 5. The van der Waals surface area contributed by atoms with Crippen LogP contribution in [-0.4, -0.2) is 75.7 Å². The first kappa shape index (κ1) is 28.7. The fourth-order valence-electron chi connectivity index (χ4n) is 5.24. The largest absolute Gasteiger partial charge is 0.454 e. The molecular weight excluding hydrogens is 540 g/mol. The SMILES string of the molecule is O=C(c1ccc(-c2nc(NCc3ccc(F)cc3)nc(OCC(F)(F)F)n2)cc1)N1CCN(C2CCCCC2)CC1. The minimum Gasteiger partial charge on any atom is -0.454 e. The van der Waals surface area contributed by atoms with Crippen molar-refractivity contribution < 1.29 is 27.1 Å². The van der Waals surface area contributed by atoms with Crippen molar-refractivity contribution in [2.24, 2.45) is 0 Å². The van der Waals surface area contributed by atoms with Crippen LogP contribution < -0.4 is 10.1 Å². The molecule has 2 aliphatic rings. The number of benzene rings is 2. The van der Waals surface area contributed by atoms with Gasteiger partial charge in [0.25, 0.3) is 5.91 Å². The molecule has 1 N–H and O–H groups in total. The average Bonchev–Trinajstić information content (AvgIpc) is 2.99. The topological polar surface area (TPSA) is 83.5 Å². The number of hydrogen-bond donors (Lipinski definition) is 1. The molecule has 2 heterocycles. The van der Waals surface area contributed by atoms with Crippen molar-refractivity contribution in [2.45, 2.75) is 50.9 Å². The van der Waals surface area contributed by atoms with Crippen molar-refractivity contribution in [1.29, 1.82) is 0 Å². The molecule has 1 saturated carbocycles. The summed E-state index contributed by atoms with van der Waals surface area (Å²) in [5, 5.41) is 2.92. The van der Waals surface area contributed by atoms with Crippen LogP contribution in [0.15, 0.2) is 48.5 Å². The second kappa shape index (κ2) is 12.8. The summed E-state index contributed by atoms with van der Waals surface area (Å²) in [6, 6.07) is 12.5. The second-order valence-corrected chi connectivity index (χ2v) is 10.3. The van der Waals surface area contributed by atoms with E-state index in [0.717, 1.165) is 13.1 Å². The Kier molecular flexibility index (Phi) is 8.96. The first-order valence-electron chi connectivity index (χ1n) is 13.8. The summed E-state index contributed by atoms with van der Waals surface area (Å²) in [7, 11) is 0. The van der Waals surface area contributed by atoms with Gasteiger partial charge in [0, 0.05) is 49.9 Å². The molecule has 0 atom stereocenters. The van der Waals surface area contributed by atoms with Gasteiger partial charge in [0.2, 0.25) is 5.95 Å². The van der Waals surface area contributed by atoms with E-state index in [4.69, 9.17) is 4.74 Å². The Morgan fingerprint density at radius 2 is 1.59 bits per heavy atom. The lowest BCUT2D eigenvalue weighted by Crippen LogP contribution is -2.52. The number of carbonyl (C=O) groups is 1. The summed E-state index contributed by atoms with van der Waals surface area (Å²) in [6.45, 7) is 1.72. The number of nitrogens with one attached hydrogen (secondary N) is 1. The summed E-state index contributed by atoms with van der Waals surface area (Å²) in [5.41, 5.74) is 1.71. The van der Waals surface area contributed by atoms with E-state index in [1.54, 1.807) is 36.4 Å². The first-order valence-corrected chi connectivity index (χ1v) is 13.8. The van der Waals surface area contributed by atoms with Gasteiger partial charge in [-0.1, -0.05) is 43.5 Å². The number of alkyl halides is 3. The third-order valence-electron chi connectivity index (χ3n) is 7.43. The lowest BCUT2D eigenvalue weighted by molar-refractivity contribution is -0.154. The first-order chi connectivity index (χ1) is 19.7. The summed E-state index contributed by atoms with van der Waals surface area (Å²) >= 11 is 0. The molecular formula is C29H32F4N6O2. The molecule has 2 aromatic carbocycles. The minimum atomic E-state index is -4.57. The van der Waals surface area contributed by atoms with Gasteiger partial charge in [0.05, 0.1) is 0 Å². The predicted octanol–water partition coefficient (Wildman–Crippen LogP) is 5.32. The van der Waals surface area contributed by atoms with Gasteiger partial charge in [0.15, 0.2) is 12.4 Å². The van der Waals surface area contributed by atoms with E-state index in [9.17, 15) is 22.4 Å². The van der Waals surface area contributed by atoms with Crippen LogP contribution in [0.25, 0.3) is 11.4 Å². The van der Waals surface area contributed by atoms with E-state index < -0.39 is 18.8 Å². The molecule has 41 heavy (non-hydrogen) atoms. The van der Waals surface area contributed by atoms with Gasteiger partial charge in [0.1, 0.15) is 5.82 Å². The number of hydrogen-bond acceptors (Lipinski definition) is 7. The highest BCUT2D eigenvalue weighted by Gasteiger charge is 2.30. The van der Waals surface area contributed by atoms with Crippen molar-refractivity contribution in [3.05, 3.63) is 65.5 Å². The maximum atomic E-state index is 13.2. The van der Waals surface area contributed by atoms with Gasteiger partial charge in [-0.05, 0) is 42.7 Å². The summed E-state index contributed by atoms with van der Waals surface area (Å²) in [6.07, 6.45) is 1.76. The predicted molar refractivity (Wildman–Crippen MR) is 145 cm³/mol. The molecule has 0 bridgehead atoms. The summed E-state index contributed by atoms with van der Waals surface area (Å²) in [5.74, 6) is -0.375. The van der Waals surface area contributed by atoms with Crippen LogP contribution in [0.3, 0.4) is 0 Å². The van der Waals surface area contributed by atoms with Gasteiger partial charge in [-0.3, -0.25) is 9.69 Å². The zero-order chi connectivity index (χ0) is 28.8. The molecule has 1 amide bonds. The quantitative estimate of drug-likeness (QED) is 0.366. The number of rotatable bonds is 8. The van der Waals surface area contributed by atoms with Crippen molar-refractivity contribution >= 4 is 11.9 Å². The molecule has 12 heteroatoms. The molecule has 0 radical (unpaired) electrons. The molecule has 2 fully saturated rings. The Morgan fingerprint density at radius 1 is 0.902 bits per heavy atom. The van der Waals surface area contributed by atoms with Crippen molar-refractivity contribution in [3.63, 3.8) is 0 Å². The smallest absolute Gasteiger partial charge is 0.422 e. The van der Waals surface area contributed by atoms with Crippen LogP contribution in [0, 0.1) is 5.82 Å². The van der Waals surface area contributed by atoms with Gasteiger partial charge in [-0.15, -0.1) is 0 Å². The number of halogens is 4. The third kappa shape index (κ3) is 7.90. The normalized spacial score (nSPS) is 16.9. The van der Waals surface area contributed by atoms with Gasteiger partial charge < -0.3 is 15.0 Å². The summed E-state index contributed by atoms with van der Waals surface area (Å²) in [4.78, 5) is 29.9. The van der Waals surface area contributed by atoms with Crippen molar-refractivity contribution in [1.82, 2.24) is 24.8 Å². The number of piperazine rings is 1. The monoisotopic (exact) mass is 572 g/mol. The number of amides is 1. The molecule has 0 unspecified atom stereocenters. The van der Waals surface area contributed by atoms with Crippen LogP contribution in [-0.2, 0) is 6.54 Å². The van der Waals surface area contributed by atoms with Crippen molar-refractivity contribution in [3.8, 4) is 17.4 Å². The maximum Gasteiger partial charge on any atom is 0.422 e. The van der Waals surface area contributed by atoms with Gasteiger partial charge in [-0.25, -0.2) is 4.39 Å². The number of anilines is 1. The van der Waals surface area contributed by atoms with E-state index in [0.29, 0.717) is 35.8 Å². The molecule has 8 nitrogen and oxygen atoms in total. The minimum absolute atomic E-state index is 0.00695. The Hall–Kier alpha value is -3.80. The molecule has 1 aromatic heterocycles. The van der Waals surface area contributed by atoms with E-state index in [1.165, 1.54) is 44.2 Å². The van der Waals surface area contributed by atoms with E-state index in [-0.39, 0.29) is 30.0 Å². The van der Waals surface area contributed by atoms with Crippen LogP contribution >= 0.6 is 0 Å². The lowest BCUT2D eigenvalue weighted by Gasteiger charge is -2.40. The average molecular weight is 573 g/mol. The van der Waals surface area contributed by atoms with E-state index in [1.807, 2.05) is 4.90 Å². The van der Waals surface area contributed by atoms with E-state index >= 15 is 0 Å². The Morgan fingerprint density at radius 3 is 2.24 bits per heavy atom. The zero-order valence-electron chi connectivity index (χ0n) is 22.5. The highest BCUT2D eigenvalue weighted by atomic mass is 19.4. The molecule has 1 aliphatic heterocycles. The Balaban J connectivity index is 1.27. The molecule has 1 saturated heterocycles. The molecule has 218 valence electrons. The number of aromatic nitrogens is 3. The molecule has 5 rings (SSSR count). The molecule has 1 aliphatic carbocycles. The van der Waals surface area contributed by atoms with Crippen molar-refractivity contribution in [2.75, 3.05) is 38.1 Å². The number of ether oxygens (including phenoxy) is 1. The van der Waals surface area contributed by atoms with Gasteiger partial charge in [-0.2, -0.15) is 28.1 Å². The van der Waals surface area contributed by atoms with Gasteiger partial charge >= 0.3 is 12.2 Å². The second-order valence-electron chi connectivity index (χ2n) is 10.3. The van der Waals surface area contributed by atoms with Crippen LogP contribution in [0.5, 0.6) is 6.01 Å². The Bertz CT molecular complexity index is 1310. The maximum absolute atomic E-state index is 13.2. The van der Waals surface area contributed by atoms with E-state index in [2.05, 4.69) is 25.2 Å². The lowest BCUT2D eigenvalue weighted by atomic mass is 9.94. The highest BCUT2D eigenvalue weighted by Crippen LogP contribution is 2.25.